The first-order chi connectivity index (χ1) is 14.7. The molecule has 0 aliphatic carbocycles. The van der Waals surface area contributed by atoms with E-state index in [2.05, 4.69) is 117 Å². The van der Waals surface area contributed by atoms with E-state index in [9.17, 15) is 0 Å². The Kier molecular flexibility index (Phi) is 4.85. The molecule has 0 radical (unpaired) electrons. The molecule has 0 heteroatoms. The van der Waals surface area contributed by atoms with Crippen LogP contribution in [0, 0.1) is 0 Å². The summed E-state index contributed by atoms with van der Waals surface area (Å²) < 4.78 is 0. The van der Waals surface area contributed by atoms with Gasteiger partial charge in [-0.05, 0) is 74.3 Å². The lowest BCUT2D eigenvalue weighted by Crippen LogP contribution is -1.94. The molecule has 0 bridgehead atoms. The second kappa shape index (κ2) is 7.80. The van der Waals surface area contributed by atoms with Crippen LogP contribution in [0.4, 0.5) is 0 Å². The van der Waals surface area contributed by atoms with Crippen molar-refractivity contribution in [3.05, 3.63) is 114 Å². The van der Waals surface area contributed by atoms with E-state index in [1.807, 2.05) is 0 Å². The fraction of sp³-hybridized carbons (Fsp3) is 0.133. The van der Waals surface area contributed by atoms with Gasteiger partial charge in [-0.3, -0.25) is 0 Å². The van der Waals surface area contributed by atoms with Gasteiger partial charge < -0.3 is 0 Å². The topological polar surface area (TPSA) is 0 Å². The Balaban J connectivity index is 1.57. The van der Waals surface area contributed by atoms with E-state index in [1.165, 1.54) is 49.0 Å². The van der Waals surface area contributed by atoms with Crippen LogP contribution in [0.15, 0.2) is 103 Å². The Hall–Kier alpha value is -3.38. The van der Waals surface area contributed by atoms with Gasteiger partial charge in [0.1, 0.15) is 0 Å². The van der Waals surface area contributed by atoms with Gasteiger partial charge in [-0.2, -0.15) is 0 Å². The largest absolute Gasteiger partial charge is 0.0804 e. The normalized spacial score (nSPS) is 13.2. The van der Waals surface area contributed by atoms with Crippen molar-refractivity contribution in [2.75, 3.05) is 0 Å². The molecular weight excluding hydrogens is 360 g/mol. The number of benzene rings is 5. The summed E-state index contributed by atoms with van der Waals surface area (Å²) in [5, 5.41) is 7.98. The Labute approximate surface area is 178 Å². The maximum Gasteiger partial charge on any atom is -0.00733 e. The van der Waals surface area contributed by atoms with Gasteiger partial charge in [0.15, 0.2) is 0 Å². The molecule has 5 aromatic carbocycles. The van der Waals surface area contributed by atoms with Gasteiger partial charge in [0, 0.05) is 0 Å². The van der Waals surface area contributed by atoms with Gasteiger partial charge in [0.25, 0.3) is 0 Å². The van der Waals surface area contributed by atoms with Crippen LogP contribution in [0.5, 0.6) is 0 Å². The molecule has 0 heterocycles. The van der Waals surface area contributed by atoms with Crippen molar-refractivity contribution in [2.24, 2.45) is 0 Å². The van der Waals surface area contributed by atoms with Gasteiger partial charge >= 0.3 is 0 Å². The highest BCUT2D eigenvalue weighted by atomic mass is 14.2. The third kappa shape index (κ3) is 3.29. The highest BCUT2D eigenvalue weighted by molar-refractivity contribution is 6.08. The van der Waals surface area contributed by atoms with Crippen molar-refractivity contribution >= 4 is 37.9 Å². The molecular formula is C30H26. The van der Waals surface area contributed by atoms with Crippen molar-refractivity contribution in [1.82, 2.24) is 0 Å². The van der Waals surface area contributed by atoms with E-state index in [4.69, 9.17) is 0 Å². The maximum absolute atomic E-state index is 2.43. The lowest BCUT2D eigenvalue weighted by Gasteiger charge is -2.15. The second-order valence-corrected chi connectivity index (χ2v) is 8.29. The van der Waals surface area contributed by atoms with Gasteiger partial charge in [0.2, 0.25) is 0 Å². The van der Waals surface area contributed by atoms with Crippen LogP contribution in [-0.4, -0.2) is 0 Å². The summed E-state index contributed by atoms with van der Waals surface area (Å²) in [6.07, 6.45) is 3.46. The van der Waals surface area contributed by atoms with Gasteiger partial charge in [0.05, 0.1) is 0 Å². The highest BCUT2D eigenvalue weighted by Crippen LogP contribution is 2.35. The molecule has 0 fully saturated rings. The lowest BCUT2D eigenvalue weighted by atomic mass is 9.89. The summed E-state index contributed by atoms with van der Waals surface area (Å²) in [6, 6.07) is 35.2. The molecule has 0 N–H and O–H groups in total. The van der Waals surface area contributed by atoms with Crippen molar-refractivity contribution < 1.29 is 0 Å². The monoisotopic (exact) mass is 386 g/mol. The van der Waals surface area contributed by atoms with Crippen LogP contribution >= 0.6 is 0 Å². The number of hydrogen-bond acceptors (Lipinski definition) is 0. The minimum Gasteiger partial charge on any atom is -0.0804 e. The zero-order valence-corrected chi connectivity index (χ0v) is 17.6. The molecule has 0 amide bonds. The summed E-state index contributed by atoms with van der Waals surface area (Å²) in [4.78, 5) is 0. The fourth-order valence-corrected chi connectivity index (χ4v) is 4.70. The molecule has 0 saturated heterocycles. The predicted molar refractivity (Wildman–Crippen MR) is 132 cm³/mol. The SMILES string of the molecule is CC(=CCC(C)c1cccc2ccccc12)c1c2ccccc2cc2ccccc12. The molecule has 0 aliphatic heterocycles. The third-order valence-corrected chi connectivity index (χ3v) is 6.30. The summed E-state index contributed by atoms with van der Waals surface area (Å²) in [7, 11) is 0. The molecule has 1 unspecified atom stereocenters. The molecule has 5 rings (SSSR count). The van der Waals surface area contributed by atoms with Crippen LogP contribution < -0.4 is 0 Å². The molecule has 0 aromatic heterocycles. The Morgan fingerprint density at radius 2 is 1.20 bits per heavy atom. The molecule has 5 aromatic rings. The average Bonchev–Trinajstić information content (AvgIpc) is 2.80. The summed E-state index contributed by atoms with van der Waals surface area (Å²) in [5.41, 5.74) is 4.16. The minimum atomic E-state index is 0.465. The van der Waals surface area contributed by atoms with Gasteiger partial charge in [-0.1, -0.05) is 104 Å². The molecule has 146 valence electrons. The zero-order valence-electron chi connectivity index (χ0n) is 17.6. The first-order valence-electron chi connectivity index (χ1n) is 10.8. The molecule has 0 aliphatic rings. The fourth-order valence-electron chi connectivity index (χ4n) is 4.70. The number of fused-ring (bicyclic) bond motifs is 3. The van der Waals surface area contributed by atoms with Gasteiger partial charge in [-0.15, -0.1) is 0 Å². The third-order valence-electron chi connectivity index (χ3n) is 6.30. The molecule has 0 saturated carbocycles. The first-order valence-corrected chi connectivity index (χ1v) is 10.8. The van der Waals surface area contributed by atoms with Crippen molar-refractivity contribution in [2.45, 2.75) is 26.2 Å². The second-order valence-electron chi connectivity index (χ2n) is 8.29. The van der Waals surface area contributed by atoms with Crippen LogP contribution in [0.2, 0.25) is 0 Å². The van der Waals surface area contributed by atoms with Gasteiger partial charge in [-0.25, -0.2) is 0 Å². The number of allylic oxidation sites excluding steroid dienone is 2. The van der Waals surface area contributed by atoms with Crippen LogP contribution in [0.25, 0.3) is 37.9 Å². The quantitative estimate of drug-likeness (QED) is 0.271. The maximum atomic E-state index is 2.43. The lowest BCUT2D eigenvalue weighted by molar-refractivity contribution is 0.788. The smallest absolute Gasteiger partial charge is 0.00733 e. The average molecular weight is 387 g/mol. The van der Waals surface area contributed by atoms with Crippen molar-refractivity contribution in [1.29, 1.82) is 0 Å². The Morgan fingerprint density at radius 3 is 1.87 bits per heavy atom. The van der Waals surface area contributed by atoms with E-state index in [-0.39, 0.29) is 0 Å². The number of hydrogen-bond donors (Lipinski definition) is 0. The zero-order chi connectivity index (χ0) is 20.5. The molecule has 30 heavy (non-hydrogen) atoms. The van der Waals surface area contributed by atoms with E-state index in [0.717, 1.165) is 6.42 Å². The van der Waals surface area contributed by atoms with E-state index in [0.29, 0.717) is 5.92 Å². The van der Waals surface area contributed by atoms with Crippen molar-refractivity contribution in [3.8, 4) is 0 Å². The minimum absolute atomic E-state index is 0.465. The predicted octanol–water partition coefficient (Wildman–Crippen LogP) is 8.74. The van der Waals surface area contributed by atoms with E-state index in [1.54, 1.807) is 0 Å². The van der Waals surface area contributed by atoms with Crippen LogP contribution in [0.3, 0.4) is 0 Å². The Bertz CT molecular complexity index is 1330. The molecule has 0 nitrogen and oxygen atoms in total. The van der Waals surface area contributed by atoms with Crippen molar-refractivity contribution in [3.63, 3.8) is 0 Å². The highest BCUT2D eigenvalue weighted by Gasteiger charge is 2.11. The molecule has 1 atom stereocenters. The van der Waals surface area contributed by atoms with Crippen LogP contribution in [-0.2, 0) is 0 Å². The number of rotatable bonds is 4. The first kappa shape index (κ1) is 18.6. The summed E-state index contributed by atoms with van der Waals surface area (Å²) in [6.45, 7) is 4.61. The molecule has 0 spiro atoms. The Morgan fingerprint density at radius 1 is 0.667 bits per heavy atom. The summed E-state index contributed by atoms with van der Waals surface area (Å²) in [5.74, 6) is 0.465. The van der Waals surface area contributed by atoms with E-state index < -0.39 is 0 Å². The van der Waals surface area contributed by atoms with E-state index >= 15 is 0 Å². The standard InChI is InChI=1S/C30H26/c1-21(26-17-9-13-23-10-3-6-14-27(23)26)18-19-22(2)30-28-15-7-4-11-24(28)20-25-12-5-8-16-29(25)30/h3-17,19-21H,18H2,1-2H3. The summed E-state index contributed by atoms with van der Waals surface area (Å²) >= 11 is 0. The van der Waals surface area contributed by atoms with Crippen LogP contribution in [0.1, 0.15) is 37.3 Å².